The van der Waals surface area contributed by atoms with E-state index in [9.17, 15) is 0 Å². The summed E-state index contributed by atoms with van der Waals surface area (Å²) < 4.78 is 4.61. The second-order valence-electron chi connectivity index (χ2n) is 14.3. The van der Waals surface area contributed by atoms with E-state index in [1.165, 1.54) is 22.3 Å². The maximum absolute atomic E-state index is 4.67. The molecule has 0 aliphatic rings. The third-order valence-corrected chi connectivity index (χ3v) is 10.7. The van der Waals surface area contributed by atoms with E-state index >= 15 is 0 Å². The maximum atomic E-state index is 4.67. The minimum Gasteiger partial charge on any atom is -0.308 e. The Morgan fingerprint density at radius 3 is 0.828 bits per heavy atom. The molecule has 2 aromatic heterocycles. The molecule has 0 unspecified atom stereocenters. The van der Waals surface area contributed by atoms with Crippen LogP contribution in [0.1, 0.15) is 0 Å². The van der Waals surface area contributed by atoms with E-state index in [0.717, 1.165) is 67.8 Å². The van der Waals surface area contributed by atoms with E-state index in [0.29, 0.717) is 0 Å². The molecule has 0 spiro atoms. The van der Waals surface area contributed by atoms with Gasteiger partial charge in [-0.15, -0.1) is 10.2 Å². The normalized spacial score (nSPS) is 11.1. The van der Waals surface area contributed by atoms with Crippen molar-refractivity contribution in [1.82, 2.24) is 19.3 Å². The second-order valence-corrected chi connectivity index (χ2v) is 14.3. The Morgan fingerprint density at radius 1 is 0.224 bits per heavy atom. The van der Waals surface area contributed by atoms with Gasteiger partial charge in [-0.1, -0.05) is 206 Å². The zero-order valence-corrected chi connectivity index (χ0v) is 31.7. The monoisotopic (exact) mass is 742 g/mol. The molecule has 0 atom stereocenters. The fourth-order valence-corrected chi connectivity index (χ4v) is 8.02. The van der Waals surface area contributed by atoms with E-state index in [4.69, 9.17) is 0 Å². The lowest BCUT2D eigenvalue weighted by molar-refractivity contribution is 1.07. The summed E-state index contributed by atoms with van der Waals surface area (Å²) in [7, 11) is 0. The fourth-order valence-electron chi connectivity index (χ4n) is 8.02. The molecular formula is C54H38N4. The number of rotatable bonds is 9. The lowest BCUT2D eigenvalue weighted by Crippen LogP contribution is -2.01. The van der Waals surface area contributed by atoms with Crippen LogP contribution in [0.25, 0.3) is 90.0 Å². The highest BCUT2D eigenvalue weighted by atomic mass is 15.3. The summed E-state index contributed by atoms with van der Waals surface area (Å²) in [4.78, 5) is 0. The van der Waals surface area contributed by atoms with Gasteiger partial charge in [-0.25, -0.2) is 0 Å². The van der Waals surface area contributed by atoms with Gasteiger partial charge in [0.25, 0.3) is 0 Å². The summed E-state index contributed by atoms with van der Waals surface area (Å²) >= 11 is 0. The summed E-state index contributed by atoms with van der Waals surface area (Å²) in [6, 6.07) is 81.4. The molecule has 0 fully saturated rings. The quantitative estimate of drug-likeness (QED) is 0.148. The Labute approximate surface area is 338 Å². The van der Waals surface area contributed by atoms with Crippen molar-refractivity contribution in [1.29, 1.82) is 0 Å². The summed E-state index contributed by atoms with van der Waals surface area (Å²) in [6.07, 6.45) is 0. The SMILES string of the molecule is c1ccc(-c2c(-c3ccccc3)c(-c3ccccc3)n(-c3ccc(-c4ccc(-n5c(-c6ccccc6)nnc5-c5ccccc5)cc4)cc3)c2-c2ccccc2)cc1. The van der Waals surface area contributed by atoms with Crippen molar-refractivity contribution in [2.75, 3.05) is 0 Å². The van der Waals surface area contributed by atoms with Crippen molar-refractivity contribution < 1.29 is 0 Å². The van der Waals surface area contributed by atoms with Gasteiger partial charge in [-0.05, 0) is 57.6 Å². The minimum atomic E-state index is 0.802. The zero-order valence-electron chi connectivity index (χ0n) is 31.7. The summed E-state index contributed by atoms with van der Waals surface area (Å²) in [6.45, 7) is 0. The molecule has 8 aromatic carbocycles. The van der Waals surface area contributed by atoms with Crippen molar-refractivity contribution >= 4 is 0 Å². The second kappa shape index (κ2) is 15.4. The molecule has 2 heterocycles. The van der Waals surface area contributed by atoms with Crippen LogP contribution in [0.2, 0.25) is 0 Å². The first kappa shape index (κ1) is 34.7. The van der Waals surface area contributed by atoms with Crippen LogP contribution < -0.4 is 0 Å². The van der Waals surface area contributed by atoms with Gasteiger partial charge in [0.2, 0.25) is 0 Å². The van der Waals surface area contributed by atoms with Gasteiger partial charge in [-0.3, -0.25) is 4.57 Å². The van der Waals surface area contributed by atoms with Crippen molar-refractivity contribution in [3.63, 3.8) is 0 Å². The van der Waals surface area contributed by atoms with Gasteiger partial charge in [-0.2, -0.15) is 0 Å². The minimum absolute atomic E-state index is 0.802. The molecule has 0 aliphatic carbocycles. The van der Waals surface area contributed by atoms with Crippen LogP contribution in [-0.4, -0.2) is 19.3 Å². The van der Waals surface area contributed by atoms with Crippen molar-refractivity contribution in [2.45, 2.75) is 0 Å². The Balaban J connectivity index is 1.12. The Kier molecular flexibility index (Phi) is 9.18. The molecule has 0 aliphatic heterocycles. The van der Waals surface area contributed by atoms with Crippen molar-refractivity contribution in [3.05, 3.63) is 231 Å². The molecule has 0 amide bonds. The number of hydrogen-bond donors (Lipinski definition) is 0. The number of nitrogens with zero attached hydrogens (tertiary/aromatic N) is 4. The molecule has 0 N–H and O–H groups in total. The van der Waals surface area contributed by atoms with Gasteiger partial charge in [0.15, 0.2) is 11.6 Å². The largest absolute Gasteiger partial charge is 0.308 e. The summed E-state index contributed by atoms with van der Waals surface area (Å²) in [5.41, 5.74) is 15.7. The Morgan fingerprint density at radius 2 is 0.500 bits per heavy atom. The van der Waals surface area contributed by atoms with Crippen molar-refractivity contribution in [3.8, 4) is 90.0 Å². The number of hydrogen-bond acceptors (Lipinski definition) is 2. The standard InChI is InChI=1S/C54H38N4/c1-7-19-41(20-8-1)49-50(42-21-9-2-10-22-42)52(44-25-13-4-14-26-44)57(51(49)43-23-11-3-12-24-43)47-35-31-39(32-36-47)40-33-37-48(38-34-40)58-53(45-27-15-5-16-28-45)55-56-54(58)46-29-17-6-18-30-46/h1-38H. The first-order valence-corrected chi connectivity index (χ1v) is 19.6. The lowest BCUT2D eigenvalue weighted by atomic mass is 9.91. The van der Waals surface area contributed by atoms with Crippen LogP contribution in [0.15, 0.2) is 231 Å². The highest BCUT2D eigenvalue weighted by Gasteiger charge is 2.28. The lowest BCUT2D eigenvalue weighted by Gasteiger charge is -2.17. The molecule has 0 saturated carbocycles. The van der Waals surface area contributed by atoms with Crippen LogP contribution in [-0.2, 0) is 0 Å². The average molecular weight is 743 g/mol. The summed E-state index contributed by atoms with van der Waals surface area (Å²) in [5, 5.41) is 9.35. The topological polar surface area (TPSA) is 35.6 Å². The van der Waals surface area contributed by atoms with E-state index in [1.54, 1.807) is 0 Å². The fraction of sp³-hybridized carbons (Fsp3) is 0. The molecule has 0 radical (unpaired) electrons. The highest BCUT2D eigenvalue weighted by molar-refractivity contribution is 6.03. The Bertz CT molecular complexity index is 2760. The zero-order chi connectivity index (χ0) is 38.7. The van der Waals surface area contributed by atoms with Crippen molar-refractivity contribution in [2.24, 2.45) is 0 Å². The van der Waals surface area contributed by atoms with Gasteiger partial charge in [0.1, 0.15) is 0 Å². The first-order valence-electron chi connectivity index (χ1n) is 19.6. The molecule has 0 bridgehead atoms. The predicted molar refractivity (Wildman–Crippen MR) is 239 cm³/mol. The molecule has 274 valence electrons. The van der Waals surface area contributed by atoms with Crippen LogP contribution in [0.4, 0.5) is 0 Å². The van der Waals surface area contributed by atoms with E-state index in [2.05, 4.69) is 213 Å². The predicted octanol–water partition coefficient (Wildman–Crippen LogP) is 13.7. The summed E-state index contributed by atoms with van der Waals surface area (Å²) in [5.74, 6) is 1.60. The maximum Gasteiger partial charge on any atom is 0.168 e. The van der Waals surface area contributed by atoms with Gasteiger partial charge < -0.3 is 4.57 Å². The number of aromatic nitrogens is 4. The molecule has 58 heavy (non-hydrogen) atoms. The van der Waals surface area contributed by atoms with E-state index in [-0.39, 0.29) is 0 Å². The molecule has 10 rings (SSSR count). The third-order valence-electron chi connectivity index (χ3n) is 10.7. The highest BCUT2D eigenvalue weighted by Crippen LogP contribution is 2.50. The molecular weight excluding hydrogens is 705 g/mol. The van der Waals surface area contributed by atoms with E-state index in [1.807, 2.05) is 36.4 Å². The first-order chi connectivity index (χ1) is 28.8. The Hall–Kier alpha value is -7.82. The third kappa shape index (κ3) is 6.43. The smallest absolute Gasteiger partial charge is 0.168 e. The van der Waals surface area contributed by atoms with Crippen LogP contribution in [0, 0.1) is 0 Å². The van der Waals surface area contributed by atoms with Crippen LogP contribution >= 0.6 is 0 Å². The average Bonchev–Trinajstić information content (AvgIpc) is 3.92. The van der Waals surface area contributed by atoms with E-state index < -0.39 is 0 Å². The molecule has 0 saturated heterocycles. The van der Waals surface area contributed by atoms with Gasteiger partial charge in [0, 0.05) is 33.6 Å². The molecule has 10 aromatic rings. The number of benzene rings is 8. The van der Waals surface area contributed by atoms with Gasteiger partial charge in [0.05, 0.1) is 11.4 Å². The van der Waals surface area contributed by atoms with Crippen LogP contribution in [0.3, 0.4) is 0 Å². The van der Waals surface area contributed by atoms with Crippen LogP contribution in [0.5, 0.6) is 0 Å². The molecule has 4 nitrogen and oxygen atoms in total. The van der Waals surface area contributed by atoms with Gasteiger partial charge >= 0.3 is 0 Å². The molecule has 4 heteroatoms.